The standard InChI is InChI=1S/C9H6N4O2/c10-2-1-6-3-7(5-11)9(13(14)15)4-8(6)12/h3-4H,1,12H2. The first-order chi connectivity index (χ1) is 7.10. The summed E-state index contributed by atoms with van der Waals surface area (Å²) < 4.78 is 0. The van der Waals surface area contributed by atoms with Gasteiger partial charge in [-0.05, 0) is 11.6 Å². The SMILES string of the molecule is N#CCc1cc(C#N)c([N+](=O)[O-])cc1N. The van der Waals surface area contributed by atoms with Gasteiger partial charge in [-0.25, -0.2) is 0 Å². The van der Waals surface area contributed by atoms with Crippen molar-refractivity contribution in [3.05, 3.63) is 33.4 Å². The van der Waals surface area contributed by atoms with Crippen LogP contribution in [0.15, 0.2) is 12.1 Å². The topological polar surface area (TPSA) is 117 Å². The van der Waals surface area contributed by atoms with E-state index in [1.807, 2.05) is 6.07 Å². The van der Waals surface area contributed by atoms with Crippen LogP contribution >= 0.6 is 0 Å². The molecule has 1 rings (SSSR count). The van der Waals surface area contributed by atoms with Gasteiger partial charge in [-0.2, -0.15) is 10.5 Å². The summed E-state index contributed by atoms with van der Waals surface area (Å²) in [5, 5.41) is 27.7. The van der Waals surface area contributed by atoms with E-state index in [-0.39, 0.29) is 23.4 Å². The summed E-state index contributed by atoms with van der Waals surface area (Å²) in [6.07, 6.45) is 0.0263. The van der Waals surface area contributed by atoms with Crippen LogP contribution in [0.1, 0.15) is 11.1 Å². The van der Waals surface area contributed by atoms with Crippen LogP contribution in [0.5, 0.6) is 0 Å². The van der Waals surface area contributed by atoms with E-state index in [1.165, 1.54) is 6.07 Å². The lowest BCUT2D eigenvalue weighted by Crippen LogP contribution is -1.99. The molecular formula is C9H6N4O2. The smallest absolute Gasteiger partial charge is 0.289 e. The van der Waals surface area contributed by atoms with Crippen LogP contribution in [-0.2, 0) is 6.42 Å². The first-order valence-corrected chi connectivity index (χ1v) is 3.94. The Hall–Kier alpha value is -2.60. The number of nitro benzene ring substituents is 1. The van der Waals surface area contributed by atoms with Crippen molar-refractivity contribution in [3.63, 3.8) is 0 Å². The van der Waals surface area contributed by atoms with Crippen LogP contribution in [-0.4, -0.2) is 4.92 Å². The lowest BCUT2D eigenvalue weighted by molar-refractivity contribution is -0.385. The number of nitrogen functional groups attached to an aromatic ring is 1. The predicted molar refractivity (Wildman–Crippen MR) is 51.5 cm³/mol. The molecule has 15 heavy (non-hydrogen) atoms. The summed E-state index contributed by atoms with van der Waals surface area (Å²) in [6.45, 7) is 0. The third-order valence-corrected chi connectivity index (χ3v) is 1.84. The second kappa shape index (κ2) is 4.07. The maximum Gasteiger partial charge on any atom is 0.289 e. The zero-order valence-electron chi connectivity index (χ0n) is 7.60. The molecular weight excluding hydrogens is 196 g/mol. The summed E-state index contributed by atoms with van der Waals surface area (Å²) in [7, 11) is 0. The Bertz CT molecular complexity index is 496. The molecule has 0 heterocycles. The number of anilines is 1. The third-order valence-electron chi connectivity index (χ3n) is 1.84. The first-order valence-electron chi connectivity index (χ1n) is 3.94. The molecule has 2 N–H and O–H groups in total. The van der Waals surface area contributed by atoms with Crippen LogP contribution in [0.25, 0.3) is 0 Å². The van der Waals surface area contributed by atoms with Crippen molar-refractivity contribution < 1.29 is 4.92 Å². The fourth-order valence-electron chi connectivity index (χ4n) is 1.13. The second-order valence-corrected chi connectivity index (χ2v) is 2.77. The third kappa shape index (κ3) is 2.01. The summed E-state index contributed by atoms with van der Waals surface area (Å²) in [5.74, 6) is 0. The van der Waals surface area contributed by atoms with Gasteiger partial charge in [0.1, 0.15) is 11.6 Å². The number of hydrogen-bond donors (Lipinski definition) is 1. The molecule has 0 aliphatic rings. The minimum atomic E-state index is -0.676. The minimum Gasteiger partial charge on any atom is -0.398 e. The van der Waals surface area contributed by atoms with E-state index in [4.69, 9.17) is 16.3 Å². The van der Waals surface area contributed by atoms with Gasteiger partial charge in [-0.3, -0.25) is 10.1 Å². The summed E-state index contributed by atoms with van der Waals surface area (Å²) >= 11 is 0. The van der Waals surface area contributed by atoms with Crippen molar-refractivity contribution in [2.45, 2.75) is 6.42 Å². The van der Waals surface area contributed by atoms with Crippen LogP contribution < -0.4 is 5.73 Å². The van der Waals surface area contributed by atoms with Gasteiger partial charge in [0, 0.05) is 11.8 Å². The van der Waals surface area contributed by atoms with Gasteiger partial charge in [0.25, 0.3) is 5.69 Å². The summed E-state index contributed by atoms with van der Waals surface area (Å²) in [6, 6.07) is 5.94. The van der Waals surface area contributed by atoms with Crippen molar-refractivity contribution in [1.82, 2.24) is 0 Å². The minimum absolute atomic E-state index is 0.0263. The molecule has 0 atom stereocenters. The lowest BCUT2D eigenvalue weighted by atomic mass is 10.1. The highest BCUT2D eigenvalue weighted by Gasteiger charge is 2.16. The van der Waals surface area contributed by atoms with E-state index in [0.717, 1.165) is 6.07 Å². The maximum absolute atomic E-state index is 10.5. The van der Waals surface area contributed by atoms with Crippen molar-refractivity contribution in [2.75, 3.05) is 5.73 Å². The molecule has 74 valence electrons. The average molecular weight is 202 g/mol. The van der Waals surface area contributed by atoms with Crippen LogP contribution in [0.4, 0.5) is 11.4 Å². The highest BCUT2D eigenvalue weighted by atomic mass is 16.6. The van der Waals surface area contributed by atoms with Crippen LogP contribution in [0.2, 0.25) is 0 Å². The zero-order chi connectivity index (χ0) is 11.4. The molecule has 0 saturated carbocycles. The van der Waals surface area contributed by atoms with E-state index in [1.54, 1.807) is 6.07 Å². The lowest BCUT2D eigenvalue weighted by Gasteiger charge is -2.02. The van der Waals surface area contributed by atoms with E-state index in [0.29, 0.717) is 5.56 Å². The quantitative estimate of drug-likeness (QED) is 0.438. The van der Waals surface area contributed by atoms with E-state index >= 15 is 0 Å². The van der Waals surface area contributed by atoms with Gasteiger partial charge < -0.3 is 5.73 Å². The van der Waals surface area contributed by atoms with Crippen LogP contribution in [0, 0.1) is 32.8 Å². The second-order valence-electron chi connectivity index (χ2n) is 2.77. The van der Waals surface area contributed by atoms with Crippen LogP contribution in [0.3, 0.4) is 0 Å². The molecule has 0 spiro atoms. The van der Waals surface area contributed by atoms with Gasteiger partial charge in [0.15, 0.2) is 0 Å². The van der Waals surface area contributed by atoms with Crippen molar-refractivity contribution in [2.24, 2.45) is 0 Å². The Morgan fingerprint density at radius 3 is 2.60 bits per heavy atom. The Morgan fingerprint density at radius 1 is 1.47 bits per heavy atom. The molecule has 0 bridgehead atoms. The highest BCUT2D eigenvalue weighted by molar-refractivity contribution is 5.62. The summed E-state index contributed by atoms with van der Waals surface area (Å²) in [4.78, 5) is 9.86. The molecule has 0 aromatic heterocycles. The van der Waals surface area contributed by atoms with Crippen molar-refractivity contribution in [1.29, 1.82) is 10.5 Å². The average Bonchev–Trinajstić information content (AvgIpc) is 2.20. The van der Waals surface area contributed by atoms with Gasteiger partial charge in [0.05, 0.1) is 17.4 Å². The number of nitro groups is 1. The predicted octanol–water partition coefficient (Wildman–Crippen LogP) is 1.11. The largest absolute Gasteiger partial charge is 0.398 e. The number of benzene rings is 1. The molecule has 0 saturated heterocycles. The molecule has 0 unspecified atom stereocenters. The molecule has 0 aliphatic heterocycles. The Labute approximate surface area is 85.3 Å². The van der Waals surface area contributed by atoms with Gasteiger partial charge in [-0.15, -0.1) is 0 Å². The van der Waals surface area contributed by atoms with Gasteiger partial charge >= 0.3 is 0 Å². The molecule has 0 radical (unpaired) electrons. The number of hydrogen-bond acceptors (Lipinski definition) is 5. The molecule has 1 aromatic rings. The highest BCUT2D eigenvalue weighted by Crippen LogP contribution is 2.24. The fraction of sp³-hybridized carbons (Fsp3) is 0.111. The van der Waals surface area contributed by atoms with E-state index < -0.39 is 4.92 Å². The molecule has 0 aliphatic carbocycles. The normalized spacial score (nSPS) is 8.93. The number of rotatable bonds is 2. The Balaban J connectivity index is 3.38. The Morgan fingerprint density at radius 2 is 2.13 bits per heavy atom. The first kappa shape index (κ1) is 10.5. The number of nitriles is 2. The molecule has 6 nitrogen and oxygen atoms in total. The van der Waals surface area contributed by atoms with Crippen molar-refractivity contribution >= 4 is 11.4 Å². The fourth-order valence-corrected chi connectivity index (χ4v) is 1.13. The molecule has 0 fully saturated rings. The molecule has 0 amide bonds. The Kier molecular flexibility index (Phi) is 2.85. The molecule has 6 heteroatoms. The van der Waals surface area contributed by atoms with Gasteiger partial charge in [-0.1, -0.05) is 0 Å². The van der Waals surface area contributed by atoms with Crippen molar-refractivity contribution in [3.8, 4) is 12.1 Å². The van der Waals surface area contributed by atoms with E-state index in [2.05, 4.69) is 0 Å². The number of nitrogens with zero attached hydrogens (tertiary/aromatic N) is 3. The number of nitrogens with two attached hydrogens (primary N) is 1. The maximum atomic E-state index is 10.5. The van der Waals surface area contributed by atoms with E-state index in [9.17, 15) is 10.1 Å². The summed E-state index contributed by atoms with van der Waals surface area (Å²) in [5.41, 5.74) is 5.67. The zero-order valence-corrected chi connectivity index (χ0v) is 7.60. The molecule has 1 aromatic carbocycles. The monoisotopic (exact) mass is 202 g/mol. The van der Waals surface area contributed by atoms with Gasteiger partial charge in [0.2, 0.25) is 0 Å².